The highest BCUT2D eigenvalue weighted by atomic mass is 35.5. The molecule has 4 rings (SSSR count). The number of benzene rings is 2. The van der Waals surface area contributed by atoms with Crippen molar-refractivity contribution in [2.24, 2.45) is 0 Å². The third-order valence-corrected chi connectivity index (χ3v) is 8.26. The molecule has 2 aromatic carbocycles. The van der Waals surface area contributed by atoms with Crippen molar-refractivity contribution in [1.29, 1.82) is 0 Å². The summed E-state index contributed by atoms with van der Waals surface area (Å²) in [6.45, 7) is 6.19. The second-order valence-corrected chi connectivity index (χ2v) is 10.6. The monoisotopic (exact) mass is 476 g/mol. The van der Waals surface area contributed by atoms with E-state index in [2.05, 4.69) is 15.1 Å². The van der Waals surface area contributed by atoms with Gasteiger partial charge in [0.05, 0.1) is 4.90 Å². The molecule has 32 heavy (non-hydrogen) atoms. The number of carbonyl (C=O) groups excluding carboxylic acids is 1. The quantitative estimate of drug-likeness (QED) is 0.665. The number of rotatable bonds is 7. The topological polar surface area (TPSA) is 73.0 Å². The van der Waals surface area contributed by atoms with Crippen LogP contribution in [0.5, 0.6) is 0 Å². The zero-order chi connectivity index (χ0) is 22.6. The first-order valence-corrected chi connectivity index (χ1v) is 12.9. The molecule has 0 saturated carbocycles. The van der Waals surface area contributed by atoms with Gasteiger partial charge in [0.15, 0.2) is 0 Å². The van der Waals surface area contributed by atoms with Crippen molar-refractivity contribution in [2.45, 2.75) is 17.7 Å². The number of nitrogens with zero attached hydrogens (tertiary/aromatic N) is 3. The number of piperazine rings is 1. The Hall–Kier alpha value is -2.13. The molecular weight excluding hydrogens is 448 g/mol. The van der Waals surface area contributed by atoms with Crippen molar-refractivity contribution in [3.8, 4) is 0 Å². The number of amides is 1. The number of nitrogens with one attached hydrogen (secondary N) is 1. The number of hydrogen-bond donors (Lipinski definition) is 1. The van der Waals surface area contributed by atoms with Crippen LogP contribution in [0.3, 0.4) is 0 Å². The molecule has 0 radical (unpaired) electrons. The lowest BCUT2D eigenvalue weighted by Gasteiger charge is -2.36. The van der Waals surface area contributed by atoms with Crippen molar-refractivity contribution in [2.75, 3.05) is 57.3 Å². The standard InChI is InChI=1S/C23H29ClN4O3S/c24-20-5-7-21(8-6-20)27-17-15-26(16-18-27)14-11-25-23(29)19-3-9-22(10-4-19)32(30,31)28-12-1-2-13-28/h3-10H,1-2,11-18H2,(H,25,29). The summed E-state index contributed by atoms with van der Waals surface area (Å²) in [4.78, 5) is 17.4. The molecule has 2 aliphatic heterocycles. The van der Waals surface area contributed by atoms with Gasteiger partial charge < -0.3 is 10.2 Å². The predicted octanol–water partition coefficient (Wildman–Crippen LogP) is 2.68. The molecule has 2 aliphatic rings. The molecule has 0 aliphatic carbocycles. The Balaban J connectivity index is 1.22. The van der Waals surface area contributed by atoms with Crippen molar-refractivity contribution in [1.82, 2.24) is 14.5 Å². The fourth-order valence-corrected chi connectivity index (χ4v) is 5.81. The summed E-state index contributed by atoms with van der Waals surface area (Å²) in [6, 6.07) is 14.1. The molecule has 1 amide bonds. The summed E-state index contributed by atoms with van der Waals surface area (Å²) in [7, 11) is -3.46. The summed E-state index contributed by atoms with van der Waals surface area (Å²) in [5, 5.41) is 3.68. The molecule has 2 aromatic rings. The van der Waals surface area contributed by atoms with Gasteiger partial charge in [0.2, 0.25) is 10.0 Å². The number of sulfonamides is 1. The lowest BCUT2D eigenvalue weighted by atomic mass is 10.2. The summed E-state index contributed by atoms with van der Waals surface area (Å²) < 4.78 is 26.7. The average Bonchev–Trinajstić information content (AvgIpc) is 3.36. The molecule has 0 aromatic heterocycles. The highest BCUT2D eigenvalue weighted by molar-refractivity contribution is 7.89. The van der Waals surface area contributed by atoms with E-state index in [0.29, 0.717) is 25.2 Å². The second kappa shape index (κ2) is 10.2. The molecule has 0 bridgehead atoms. The summed E-state index contributed by atoms with van der Waals surface area (Å²) in [5.74, 6) is -0.185. The molecule has 7 nitrogen and oxygen atoms in total. The van der Waals surface area contributed by atoms with Crippen LogP contribution in [0, 0.1) is 0 Å². The van der Waals surface area contributed by atoms with E-state index in [-0.39, 0.29) is 10.8 Å². The van der Waals surface area contributed by atoms with Crippen LogP contribution >= 0.6 is 11.6 Å². The maximum atomic E-state index is 12.6. The van der Waals surface area contributed by atoms with Crippen LogP contribution in [0.25, 0.3) is 0 Å². The molecule has 0 unspecified atom stereocenters. The first-order valence-electron chi connectivity index (χ1n) is 11.0. The number of hydrogen-bond acceptors (Lipinski definition) is 5. The van der Waals surface area contributed by atoms with Crippen LogP contribution in [0.15, 0.2) is 53.4 Å². The molecular formula is C23H29ClN4O3S. The minimum atomic E-state index is -3.46. The van der Waals surface area contributed by atoms with E-state index in [4.69, 9.17) is 11.6 Å². The molecule has 2 saturated heterocycles. The van der Waals surface area contributed by atoms with Gasteiger partial charge in [0.25, 0.3) is 5.91 Å². The van der Waals surface area contributed by atoms with Gasteiger partial charge in [-0.1, -0.05) is 11.6 Å². The van der Waals surface area contributed by atoms with Gasteiger partial charge in [0, 0.05) is 68.6 Å². The van der Waals surface area contributed by atoms with Gasteiger partial charge in [-0.15, -0.1) is 0 Å². The smallest absolute Gasteiger partial charge is 0.251 e. The Morgan fingerprint density at radius 2 is 1.50 bits per heavy atom. The molecule has 172 valence electrons. The van der Waals surface area contributed by atoms with Crippen molar-refractivity contribution < 1.29 is 13.2 Å². The van der Waals surface area contributed by atoms with Gasteiger partial charge in [-0.3, -0.25) is 9.69 Å². The molecule has 2 fully saturated rings. The van der Waals surface area contributed by atoms with E-state index in [1.807, 2.05) is 24.3 Å². The maximum absolute atomic E-state index is 12.6. The highest BCUT2D eigenvalue weighted by Gasteiger charge is 2.27. The Kier molecular flexibility index (Phi) is 7.35. The third kappa shape index (κ3) is 5.43. The Morgan fingerprint density at radius 3 is 2.12 bits per heavy atom. The maximum Gasteiger partial charge on any atom is 0.251 e. The normalized spacial score (nSPS) is 18.1. The van der Waals surface area contributed by atoms with E-state index in [9.17, 15) is 13.2 Å². The lowest BCUT2D eigenvalue weighted by Crippen LogP contribution is -2.48. The fraction of sp³-hybridized carbons (Fsp3) is 0.435. The average molecular weight is 477 g/mol. The van der Waals surface area contributed by atoms with Gasteiger partial charge >= 0.3 is 0 Å². The van der Waals surface area contributed by atoms with Gasteiger partial charge in [-0.25, -0.2) is 8.42 Å². The zero-order valence-corrected chi connectivity index (χ0v) is 19.6. The Morgan fingerprint density at radius 1 is 0.875 bits per heavy atom. The molecule has 1 N–H and O–H groups in total. The van der Waals surface area contributed by atoms with Crippen LogP contribution in [-0.2, 0) is 10.0 Å². The minimum Gasteiger partial charge on any atom is -0.369 e. The van der Waals surface area contributed by atoms with Gasteiger partial charge in [0.1, 0.15) is 0 Å². The predicted molar refractivity (Wildman–Crippen MR) is 127 cm³/mol. The van der Waals surface area contributed by atoms with E-state index < -0.39 is 10.0 Å². The zero-order valence-electron chi connectivity index (χ0n) is 18.0. The van der Waals surface area contributed by atoms with Crippen molar-refractivity contribution in [3.05, 3.63) is 59.1 Å². The van der Waals surface area contributed by atoms with E-state index in [0.717, 1.165) is 50.6 Å². The van der Waals surface area contributed by atoms with E-state index in [1.165, 1.54) is 22.1 Å². The first-order chi connectivity index (χ1) is 15.4. The van der Waals surface area contributed by atoms with Crippen LogP contribution < -0.4 is 10.2 Å². The summed E-state index contributed by atoms with van der Waals surface area (Å²) >= 11 is 5.97. The van der Waals surface area contributed by atoms with E-state index in [1.54, 1.807) is 12.1 Å². The third-order valence-electron chi connectivity index (χ3n) is 6.10. The number of halogens is 1. The van der Waals surface area contributed by atoms with Crippen LogP contribution in [0.2, 0.25) is 5.02 Å². The second-order valence-electron chi connectivity index (χ2n) is 8.20. The molecule has 2 heterocycles. The van der Waals surface area contributed by atoms with Crippen LogP contribution in [-0.4, -0.2) is 75.9 Å². The summed E-state index contributed by atoms with van der Waals surface area (Å²) in [5.41, 5.74) is 1.65. The SMILES string of the molecule is O=C(NCCN1CCN(c2ccc(Cl)cc2)CC1)c1ccc(S(=O)(=O)N2CCCC2)cc1. The largest absolute Gasteiger partial charge is 0.369 e. The molecule has 0 spiro atoms. The molecule has 9 heteroatoms. The van der Waals surface area contributed by atoms with Crippen LogP contribution in [0.1, 0.15) is 23.2 Å². The fourth-order valence-electron chi connectivity index (χ4n) is 4.17. The Bertz CT molecular complexity index is 1010. The van der Waals surface area contributed by atoms with Gasteiger partial charge in [-0.2, -0.15) is 4.31 Å². The first kappa shape index (κ1) is 23.0. The van der Waals surface area contributed by atoms with Crippen molar-refractivity contribution >= 4 is 33.2 Å². The Labute approximate surface area is 195 Å². The highest BCUT2D eigenvalue weighted by Crippen LogP contribution is 2.21. The van der Waals surface area contributed by atoms with Crippen LogP contribution in [0.4, 0.5) is 5.69 Å². The van der Waals surface area contributed by atoms with Crippen molar-refractivity contribution in [3.63, 3.8) is 0 Å². The van der Waals surface area contributed by atoms with Gasteiger partial charge in [-0.05, 0) is 61.4 Å². The molecule has 0 atom stereocenters. The van der Waals surface area contributed by atoms with E-state index >= 15 is 0 Å². The minimum absolute atomic E-state index is 0.185. The number of carbonyl (C=O) groups is 1. The lowest BCUT2D eigenvalue weighted by molar-refractivity contribution is 0.0947. The number of anilines is 1. The summed E-state index contributed by atoms with van der Waals surface area (Å²) in [6.07, 6.45) is 1.80.